The summed E-state index contributed by atoms with van der Waals surface area (Å²) in [5, 5.41) is 5.88. The largest absolute Gasteiger partial charge is 0.497 e. The smallest absolute Gasteiger partial charge is 0.320 e. The van der Waals surface area contributed by atoms with E-state index < -0.39 is 0 Å². The first kappa shape index (κ1) is 22.8. The molecule has 4 aliphatic rings. The summed E-state index contributed by atoms with van der Waals surface area (Å²) in [4.78, 5) is 44.1. The molecule has 9 heteroatoms. The van der Waals surface area contributed by atoms with E-state index >= 15 is 0 Å². The molecule has 0 radical (unpaired) electrons. The number of rotatable bonds is 3. The molecule has 0 aromatic heterocycles. The van der Waals surface area contributed by atoms with Gasteiger partial charge in [0, 0.05) is 56.9 Å². The molecule has 4 fully saturated rings. The maximum atomic E-state index is 13.3. The van der Waals surface area contributed by atoms with Crippen molar-refractivity contribution in [2.75, 3.05) is 45.2 Å². The molecule has 5 amide bonds. The van der Waals surface area contributed by atoms with E-state index in [9.17, 15) is 14.4 Å². The number of amides is 5. The van der Waals surface area contributed by atoms with Crippen LogP contribution < -0.4 is 15.4 Å². The fraction of sp³-hybridized carbons (Fsp3) is 0.640. The Morgan fingerprint density at radius 3 is 2.50 bits per heavy atom. The number of ether oxygens (including phenoxy) is 1. The van der Waals surface area contributed by atoms with Crippen molar-refractivity contribution in [1.29, 1.82) is 0 Å². The number of likely N-dealkylation sites (tertiary alicyclic amines) is 2. The molecule has 5 rings (SSSR count). The van der Waals surface area contributed by atoms with Crippen LogP contribution in [0, 0.1) is 11.8 Å². The van der Waals surface area contributed by atoms with Crippen molar-refractivity contribution >= 4 is 23.7 Å². The van der Waals surface area contributed by atoms with E-state index in [0.29, 0.717) is 49.0 Å². The summed E-state index contributed by atoms with van der Waals surface area (Å²) in [7, 11) is 1.61. The van der Waals surface area contributed by atoms with Crippen LogP contribution in [-0.4, -0.2) is 84.6 Å². The Hall–Kier alpha value is -2.97. The van der Waals surface area contributed by atoms with E-state index in [2.05, 4.69) is 15.5 Å². The molecule has 2 bridgehead atoms. The summed E-state index contributed by atoms with van der Waals surface area (Å²) < 4.78 is 5.14. The maximum absolute atomic E-state index is 13.3. The number of methoxy groups -OCH3 is 1. The van der Waals surface area contributed by atoms with Gasteiger partial charge in [-0.1, -0.05) is 0 Å². The van der Waals surface area contributed by atoms with Crippen molar-refractivity contribution in [1.82, 2.24) is 20.0 Å². The lowest BCUT2D eigenvalue weighted by Gasteiger charge is -2.53. The normalized spacial score (nSPS) is 27.1. The lowest BCUT2D eigenvalue weighted by Crippen LogP contribution is -2.62. The van der Waals surface area contributed by atoms with Crippen LogP contribution in [0.25, 0.3) is 0 Å². The molecule has 2 unspecified atom stereocenters. The third kappa shape index (κ3) is 4.79. The van der Waals surface area contributed by atoms with E-state index in [1.165, 1.54) is 0 Å². The third-order valence-electron chi connectivity index (χ3n) is 7.90. The van der Waals surface area contributed by atoms with Crippen LogP contribution in [-0.2, 0) is 4.79 Å². The molecule has 34 heavy (non-hydrogen) atoms. The Kier molecular flexibility index (Phi) is 6.52. The number of carbonyl (C=O) groups excluding carboxylic acids is 3. The van der Waals surface area contributed by atoms with E-state index in [0.717, 1.165) is 57.5 Å². The Morgan fingerprint density at radius 1 is 1.00 bits per heavy atom. The number of piperidine rings is 4. The van der Waals surface area contributed by atoms with Gasteiger partial charge in [0.1, 0.15) is 5.75 Å². The zero-order valence-corrected chi connectivity index (χ0v) is 19.9. The van der Waals surface area contributed by atoms with Crippen LogP contribution in [0.2, 0.25) is 0 Å². The molecule has 4 heterocycles. The predicted molar refractivity (Wildman–Crippen MR) is 128 cm³/mol. The number of urea groups is 2. The Morgan fingerprint density at radius 2 is 1.76 bits per heavy atom. The zero-order chi connectivity index (χ0) is 23.7. The number of nitrogens with one attached hydrogen (secondary N) is 2. The molecular weight excluding hydrogens is 434 g/mol. The van der Waals surface area contributed by atoms with Gasteiger partial charge in [-0.15, -0.1) is 0 Å². The average Bonchev–Trinajstić information content (AvgIpc) is 2.85. The van der Waals surface area contributed by atoms with Crippen molar-refractivity contribution in [2.45, 2.75) is 50.6 Å². The van der Waals surface area contributed by atoms with Gasteiger partial charge in [0.15, 0.2) is 0 Å². The van der Waals surface area contributed by atoms with Crippen LogP contribution in [0.15, 0.2) is 24.3 Å². The maximum Gasteiger partial charge on any atom is 0.320 e. The van der Waals surface area contributed by atoms with E-state index in [4.69, 9.17) is 4.74 Å². The molecule has 2 N–H and O–H groups in total. The summed E-state index contributed by atoms with van der Waals surface area (Å²) in [6.45, 7) is 3.60. The Bertz CT molecular complexity index is 914. The molecule has 9 nitrogen and oxygen atoms in total. The van der Waals surface area contributed by atoms with Crippen LogP contribution in [0.5, 0.6) is 5.75 Å². The van der Waals surface area contributed by atoms with Gasteiger partial charge in [-0.25, -0.2) is 9.59 Å². The summed E-state index contributed by atoms with van der Waals surface area (Å²) >= 11 is 0. The van der Waals surface area contributed by atoms with Crippen LogP contribution >= 0.6 is 0 Å². The highest BCUT2D eigenvalue weighted by Gasteiger charge is 2.45. The molecule has 0 spiro atoms. The topological polar surface area (TPSA) is 94.2 Å². The minimum Gasteiger partial charge on any atom is -0.497 e. The quantitative estimate of drug-likeness (QED) is 0.712. The number of fused-ring (bicyclic) bond motifs is 4. The first-order valence-electron chi connectivity index (χ1n) is 12.5. The van der Waals surface area contributed by atoms with Crippen molar-refractivity contribution < 1.29 is 19.1 Å². The summed E-state index contributed by atoms with van der Waals surface area (Å²) in [6, 6.07) is 7.46. The predicted octanol–water partition coefficient (Wildman–Crippen LogP) is 2.73. The van der Waals surface area contributed by atoms with E-state index in [-0.39, 0.29) is 18.1 Å². The number of hydrogen-bond acceptors (Lipinski definition) is 4. The first-order chi connectivity index (χ1) is 16.5. The number of benzene rings is 1. The number of carbonyl (C=O) groups is 3. The molecule has 1 aromatic carbocycles. The second-order valence-electron chi connectivity index (χ2n) is 10.1. The lowest BCUT2D eigenvalue weighted by atomic mass is 9.76. The fourth-order valence-corrected chi connectivity index (χ4v) is 6.21. The van der Waals surface area contributed by atoms with Gasteiger partial charge >= 0.3 is 12.1 Å². The van der Waals surface area contributed by atoms with Crippen LogP contribution in [0.4, 0.5) is 15.3 Å². The second kappa shape index (κ2) is 9.72. The molecule has 0 saturated carbocycles. The van der Waals surface area contributed by atoms with Gasteiger partial charge in [-0.05, 0) is 68.2 Å². The number of hydrogen-bond donors (Lipinski definition) is 2. The van der Waals surface area contributed by atoms with Crippen molar-refractivity contribution in [3.05, 3.63) is 24.3 Å². The van der Waals surface area contributed by atoms with Crippen molar-refractivity contribution in [2.24, 2.45) is 11.8 Å². The standard InChI is InChI=1S/C25H35N5O4/c1-34-21-7-5-19(6-8-21)26-24(32)27-20-9-11-28(12-10-20)25(33)29-14-17-13-18(16-29)22-3-2-4-23(31)30(22)15-17/h5-8,17-18,20,22H,2-4,9-16H2,1H3,(H2,26,27,32)/t17?,18?,22-/m1/s1. The fourth-order valence-electron chi connectivity index (χ4n) is 6.21. The molecule has 1 aromatic rings. The van der Waals surface area contributed by atoms with Crippen LogP contribution in [0.1, 0.15) is 38.5 Å². The van der Waals surface area contributed by atoms with Crippen molar-refractivity contribution in [3.63, 3.8) is 0 Å². The summed E-state index contributed by atoms with van der Waals surface area (Å²) in [5.74, 6) is 1.84. The Labute approximate surface area is 200 Å². The second-order valence-corrected chi connectivity index (χ2v) is 10.1. The van der Waals surface area contributed by atoms with E-state index in [1.807, 2.05) is 9.80 Å². The summed E-state index contributed by atoms with van der Waals surface area (Å²) in [6.07, 6.45) is 5.34. The average molecular weight is 470 g/mol. The molecule has 0 aliphatic carbocycles. The van der Waals surface area contributed by atoms with Gasteiger partial charge in [-0.2, -0.15) is 0 Å². The van der Waals surface area contributed by atoms with Gasteiger partial charge in [0.05, 0.1) is 7.11 Å². The number of nitrogens with zero attached hydrogens (tertiary/aromatic N) is 3. The first-order valence-corrected chi connectivity index (χ1v) is 12.5. The highest BCUT2D eigenvalue weighted by atomic mass is 16.5. The SMILES string of the molecule is COc1ccc(NC(=O)NC2CCN(C(=O)N3CC4CC(C3)[C@H]3CCCC(=O)N3C4)CC2)cc1. The molecule has 184 valence electrons. The molecule has 4 saturated heterocycles. The van der Waals surface area contributed by atoms with Gasteiger partial charge in [0.25, 0.3) is 0 Å². The van der Waals surface area contributed by atoms with E-state index in [1.54, 1.807) is 31.4 Å². The minimum atomic E-state index is -0.231. The summed E-state index contributed by atoms with van der Waals surface area (Å²) in [5.41, 5.74) is 0.708. The van der Waals surface area contributed by atoms with Crippen molar-refractivity contribution in [3.8, 4) is 5.75 Å². The lowest BCUT2D eigenvalue weighted by molar-refractivity contribution is -0.144. The highest BCUT2D eigenvalue weighted by Crippen LogP contribution is 2.38. The zero-order valence-electron chi connectivity index (χ0n) is 19.9. The van der Waals surface area contributed by atoms with Crippen LogP contribution in [0.3, 0.4) is 0 Å². The molecule has 3 atom stereocenters. The molecule has 4 aliphatic heterocycles. The minimum absolute atomic E-state index is 0.0462. The van der Waals surface area contributed by atoms with Gasteiger partial charge in [-0.3, -0.25) is 4.79 Å². The van der Waals surface area contributed by atoms with Gasteiger partial charge < -0.3 is 30.1 Å². The Balaban J connectivity index is 1.09. The monoisotopic (exact) mass is 469 g/mol. The van der Waals surface area contributed by atoms with Gasteiger partial charge in [0.2, 0.25) is 5.91 Å². The number of anilines is 1. The third-order valence-corrected chi connectivity index (χ3v) is 7.90. The highest BCUT2D eigenvalue weighted by molar-refractivity contribution is 5.89. The molecular formula is C25H35N5O4.